The number of hydrogen-bond acceptors (Lipinski definition) is 6. The molecule has 1 fully saturated rings. The first kappa shape index (κ1) is 16.4. The summed E-state index contributed by atoms with van der Waals surface area (Å²) in [6, 6.07) is 7.35. The molecule has 1 amide bonds. The molecule has 0 radical (unpaired) electrons. The highest BCUT2D eigenvalue weighted by molar-refractivity contribution is 5.93. The first-order chi connectivity index (χ1) is 11.6. The molecule has 0 spiro atoms. The molecule has 128 valence electrons. The van der Waals surface area contributed by atoms with Crippen molar-refractivity contribution in [2.75, 3.05) is 30.3 Å². The number of aryl methyl sites for hydroxylation is 1. The van der Waals surface area contributed by atoms with Crippen LogP contribution in [0.4, 0.5) is 11.7 Å². The van der Waals surface area contributed by atoms with Crippen molar-refractivity contribution in [2.45, 2.75) is 26.3 Å². The largest absolute Gasteiger partial charge is 0.370 e. The summed E-state index contributed by atoms with van der Waals surface area (Å²) in [7, 11) is 0. The normalized spacial score (nSPS) is 19.2. The molecule has 24 heavy (non-hydrogen) atoms. The molecule has 3 heterocycles. The van der Waals surface area contributed by atoms with Crippen molar-refractivity contribution >= 4 is 17.6 Å². The van der Waals surface area contributed by atoms with E-state index in [1.54, 1.807) is 12.3 Å². The van der Waals surface area contributed by atoms with E-state index in [1.165, 1.54) is 0 Å². The van der Waals surface area contributed by atoms with Crippen molar-refractivity contribution < 1.29 is 9.32 Å². The Morgan fingerprint density at radius 1 is 1.50 bits per heavy atom. The smallest absolute Gasteiger partial charge is 0.243 e. The van der Waals surface area contributed by atoms with Crippen LogP contribution in [0.2, 0.25) is 0 Å². The van der Waals surface area contributed by atoms with Crippen LogP contribution in [-0.2, 0) is 4.79 Å². The van der Waals surface area contributed by atoms with Crippen LogP contribution in [0.1, 0.15) is 19.0 Å². The van der Waals surface area contributed by atoms with E-state index in [0.29, 0.717) is 11.8 Å². The monoisotopic (exact) mass is 329 g/mol. The Labute approximate surface area is 141 Å². The van der Waals surface area contributed by atoms with Crippen molar-refractivity contribution in [1.29, 1.82) is 0 Å². The maximum absolute atomic E-state index is 12.3. The van der Waals surface area contributed by atoms with Gasteiger partial charge in [0.1, 0.15) is 5.82 Å². The van der Waals surface area contributed by atoms with E-state index in [2.05, 4.69) is 25.7 Å². The number of hydrogen-bond donors (Lipinski definition) is 2. The Kier molecular flexibility index (Phi) is 5.10. The van der Waals surface area contributed by atoms with Crippen LogP contribution in [-0.4, -0.2) is 46.6 Å². The van der Waals surface area contributed by atoms with Gasteiger partial charge in [-0.15, -0.1) is 0 Å². The van der Waals surface area contributed by atoms with Gasteiger partial charge in [-0.1, -0.05) is 11.2 Å². The SMILES string of the molecule is Cc1cc(NC(=O)[C@H](C)N2CC[C@@H](CNc3ccccn3)C2)on1. The van der Waals surface area contributed by atoms with E-state index < -0.39 is 0 Å². The molecule has 1 aliphatic heterocycles. The van der Waals surface area contributed by atoms with E-state index in [4.69, 9.17) is 4.52 Å². The summed E-state index contributed by atoms with van der Waals surface area (Å²) >= 11 is 0. The molecule has 2 aromatic heterocycles. The second kappa shape index (κ2) is 7.44. The van der Waals surface area contributed by atoms with Gasteiger partial charge >= 0.3 is 0 Å². The molecule has 0 saturated carbocycles. The molecule has 1 saturated heterocycles. The zero-order valence-electron chi connectivity index (χ0n) is 14.0. The van der Waals surface area contributed by atoms with Crippen molar-refractivity contribution in [1.82, 2.24) is 15.0 Å². The standard InChI is InChI=1S/C17H23N5O2/c1-12-9-16(24-21-12)20-17(23)13(2)22-8-6-14(11-22)10-19-15-5-3-4-7-18-15/h3-5,7,9,13-14H,6,8,10-11H2,1-2H3,(H,18,19)(H,20,23)/t13-,14-/m0/s1. The lowest BCUT2D eigenvalue weighted by molar-refractivity contribution is -0.120. The molecule has 2 aromatic rings. The maximum atomic E-state index is 12.3. The fourth-order valence-corrected chi connectivity index (χ4v) is 2.91. The molecule has 7 heteroatoms. The number of likely N-dealkylation sites (tertiary alicyclic amines) is 1. The number of pyridine rings is 1. The Morgan fingerprint density at radius 3 is 3.08 bits per heavy atom. The van der Waals surface area contributed by atoms with E-state index in [9.17, 15) is 4.79 Å². The fourth-order valence-electron chi connectivity index (χ4n) is 2.91. The third-order valence-corrected chi connectivity index (χ3v) is 4.36. The zero-order valence-corrected chi connectivity index (χ0v) is 14.0. The summed E-state index contributed by atoms with van der Waals surface area (Å²) in [5, 5.41) is 9.91. The van der Waals surface area contributed by atoms with Crippen molar-refractivity contribution in [2.24, 2.45) is 5.92 Å². The Hall–Kier alpha value is -2.41. The Balaban J connectivity index is 1.46. The summed E-state index contributed by atoms with van der Waals surface area (Å²) in [4.78, 5) is 18.8. The van der Waals surface area contributed by atoms with Crippen LogP contribution in [0.5, 0.6) is 0 Å². The van der Waals surface area contributed by atoms with E-state index in [0.717, 1.165) is 37.6 Å². The van der Waals surface area contributed by atoms with Gasteiger partial charge in [0.25, 0.3) is 0 Å². The molecule has 0 bridgehead atoms. The van der Waals surface area contributed by atoms with E-state index in [1.807, 2.05) is 32.0 Å². The van der Waals surface area contributed by atoms with Crippen molar-refractivity contribution in [3.05, 3.63) is 36.2 Å². The molecule has 1 aliphatic rings. The molecule has 2 N–H and O–H groups in total. The number of amides is 1. The van der Waals surface area contributed by atoms with Gasteiger partial charge in [-0.2, -0.15) is 0 Å². The fraction of sp³-hybridized carbons (Fsp3) is 0.471. The number of anilines is 2. The third kappa shape index (κ3) is 4.11. The number of nitrogens with one attached hydrogen (secondary N) is 2. The molecule has 3 rings (SSSR count). The Bertz CT molecular complexity index is 673. The average molecular weight is 329 g/mol. The minimum atomic E-state index is -0.199. The van der Waals surface area contributed by atoms with Gasteiger partial charge in [-0.3, -0.25) is 15.0 Å². The molecule has 2 atom stereocenters. The van der Waals surface area contributed by atoms with Crippen LogP contribution >= 0.6 is 0 Å². The highest BCUT2D eigenvalue weighted by Crippen LogP contribution is 2.20. The molecular formula is C17H23N5O2. The lowest BCUT2D eigenvalue weighted by atomic mass is 10.1. The lowest BCUT2D eigenvalue weighted by Crippen LogP contribution is -2.41. The second-order valence-corrected chi connectivity index (χ2v) is 6.24. The maximum Gasteiger partial charge on any atom is 0.243 e. The zero-order chi connectivity index (χ0) is 16.9. The average Bonchev–Trinajstić information content (AvgIpc) is 3.22. The minimum absolute atomic E-state index is 0.0653. The topological polar surface area (TPSA) is 83.3 Å². The van der Waals surface area contributed by atoms with E-state index >= 15 is 0 Å². The molecular weight excluding hydrogens is 306 g/mol. The van der Waals surface area contributed by atoms with Crippen LogP contribution in [0.25, 0.3) is 0 Å². The van der Waals surface area contributed by atoms with Crippen LogP contribution in [0.3, 0.4) is 0 Å². The summed E-state index contributed by atoms with van der Waals surface area (Å²) in [5.74, 6) is 1.73. The molecule has 0 aliphatic carbocycles. The number of carbonyl (C=O) groups is 1. The van der Waals surface area contributed by atoms with Gasteiger partial charge in [-0.25, -0.2) is 4.98 Å². The third-order valence-electron chi connectivity index (χ3n) is 4.36. The van der Waals surface area contributed by atoms with Gasteiger partial charge in [0.15, 0.2) is 0 Å². The van der Waals surface area contributed by atoms with Crippen LogP contribution in [0.15, 0.2) is 35.0 Å². The first-order valence-corrected chi connectivity index (χ1v) is 8.25. The van der Waals surface area contributed by atoms with E-state index in [-0.39, 0.29) is 11.9 Å². The predicted molar refractivity (Wildman–Crippen MR) is 91.7 cm³/mol. The number of nitrogens with zero attached hydrogens (tertiary/aromatic N) is 3. The van der Waals surface area contributed by atoms with Gasteiger partial charge in [0.2, 0.25) is 11.8 Å². The van der Waals surface area contributed by atoms with Gasteiger partial charge in [0.05, 0.1) is 11.7 Å². The van der Waals surface area contributed by atoms with Crippen LogP contribution < -0.4 is 10.6 Å². The minimum Gasteiger partial charge on any atom is -0.370 e. The summed E-state index contributed by atoms with van der Waals surface area (Å²) in [6.07, 6.45) is 2.85. The lowest BCUT2D eigenvalue weighted by Gasteiger charge is -2.23. The Morgan fingerprint density at radius 2 is 2.38 bits per heavy atom. The number of carbonyl (C=O) groups excluding carboxylic acids is 1. The van der Waals surface area contributed by atoms with Crippen LogP contribution in [0, 0.1) is 12.8 Å². The van der Waals surface area contributed by atoms with Crippen molar-refractivity contribution in [3.8, 4) is 0 Å². The first-order valence-electron chi connectivity index (χ1n) is 8.25. The summed E-state index contributed by atoms with van der Waals surface area (Å²) in [5.41, 5.74) is 0.750. The van der Waals surface area contributed by atoms with Gasteiger partial charge < -0.3 is 9.84 Å². The predicted octanol–water partition coefficient (Wildman–Crippen LogP) is 2.14. The quantitative estimate of drug-likeness (QED) is 0.845. The number of rotatable bonds is 6. The van der Waals surface area contributed by atoms with Gasteiger partial charge in [-0.05, 0) is 44.9 Å². The highest BCUT2D eigenvalue weighted by atomic mass is 16.5. The highest BCUT2D eigenvalue weighted by Gasteiger charge is 2.29. The molecule has 0 aromatic carbocycles. The molecule has 0 unspecified atom stereocenters. The van der Waals surface area contributed by atoms with Crippen molar-refractivity contribution in [3.63, 3.8) is 0 Å². The van der Waals surface area contributed by atoms with Gasteiger partial charge in [0, 0.05) is 25.4 Å². The second-order valence-electron chi connectivity index (χ2n) is 6.24. The summed E-state index contributed by atoms with van der Waals surface area (Å²) in [6.45, 7) is 6.42. The molecule has 7 nitrogen and oxygen atoms in total. The number of aromatic nitrogens is 2. The summed E-state index contributed by atoms with van der Waals surface area (Å²) < 4.78 is 5.04.